The van der Waals surface area contributed by atoms with E-state index in [1.54, 1.807) is 7.11 Å². The highest BCUT2D eigenvalue weighted by molar-refractivity contribution is 5.79. The molecule has 0 atom stereocenters. The fourth-order valence-corrected chi connectivity index (χ4v) is 2.55. The predicted molar refractivity (Wildman–Crippen MR) is 69.6 cm³/mol. The average Bonchev–Trinajstić information content (AvgIpc) is 2.89. The Morgan fingerprint density at radius 3 is 2.74 bits per heavy atom. The summed E-state index contributed by atoms with van der Waals surface area (Å²) in [4.78, 5) is 15.8. The number of ketones is 1. The maximum absolute atomic E-state index is 11.4. The molecular formula is C14H22N2O3. The zero-order valence-corrected chi connectivity index (χ0v) is 11.9. The van der Waals surface area contributed by atoms with E-state index in [0.29, 0.717) is 18.1 Å². The van der Waals surface area contributed by atoms with Gasteiger partial charge < -0.3 is 9.26 Å². The molecule has 0 bridgehead atoms. The van der Waals surface area contributed by atoms with Crippen molar-refractivity contribution < 1.29 is 14.1 Å². The van der Waals surface area contributed by atoms with Gasteiger partial charge in [0.05, 0.1) is 6.42 Å². The molecule has 0 spiro atoms. The van der Waals surface area contributed by atoms with Gasteiger partial charge in [-0.1, -0.05) is 19.0 Å². The van der Waals surface area contributed by atoms with Gasteiger partial charge in [-0.05, 0) is 31.6 Å². The first-order valence-electron chi connectivity index (χ1n) is 6.99. The number of carbonyl (C=O) groups is 1. The number of hydrogen-bond acceptors (Lipinski definition) is 5. The van der Waals surface area contributed by atoms with Gasteiger partial charge in [-0.2, -0.15) is 4.98 Å². The Labute approximate surface area is 113 Å². The maximum atomic E-state index is 11.4. The first-order valence-corrected chi connectivity index (χ1v) is 6.99. The van der Waals surface area contributed by atoms with Crippen molar-refractivity contribution in [1.82, 2.24) is 10.1 Å². The summed E-state index contributed by atoms with van der Waals surface area (Å²) in [6.07, 6.45) is 4.73. The molecule has 0 amide bonds. The van der Waals surface area contributed by atoms with Crippen LogP contribution in [0.15, 0.2) is 4.52 Å². The van der Waals surface area contributed by atoms with Gasteiger partial charge in [0.25, 0.3) is 0 Å². The van der Waals surface area contributed by atoms with Crippen LogP contribution in [-0.4, -0.2) is 23.0 Å². The molecule has 0 saturated heterocycles. The summed E-state index contributed by atoms with van der Waals surface area (Å²) in [7, 11) is 1.70. The number of nitrogens with zero attached hydrogens (tertiary/aromatic N) is 2. The zero-order valence-electron chi connectivity index (χ0n) is 11.9. The van der Waals surface area contributed by atoms with E-state index >= 15 is 0 Å². The number of ether oxygens (including phenoxy) is 1. The Kier molecular flexibility index (Phi) is 4.34. The summed E-state index contributed by atoms with van der Waals surface area (Å²) < 4.78 is 10.9. The minimum absolute atomic E-state index is 0.110. The maximum Gasteiger partial charge on any atom is 0.234 e. The van der Waals surface area contributed by atoms with Gasteiger partial charge in [-0.3, -0.25) is 4.79 Å². The minimum Gasteiger partial charge on any atom is -0.370 e. The van der Waals surface area contributed by atoms with E-state index in [-0.39, 0.29) is 12.2 Å². The highest BCUT2D eigenvalue weighted by Gasteiger charge is 2.40. The quantitative estimate of drug-likeness (QED) is 0.819. The SMILES string of the molecule is CCC(=O)Cc1nc(C2(OC)CCC(C)CC2)no1. The summed E-state index contributed by atoms with van der Waals surface area (Å²) in [5, 5.41) is 4.03. The van der Waals surface area contributed by atoms with E-state index in [1.807, 2.05) is 6.92 Å². The molecule has 0 unspecified atom stereocenters. The number of carbonyl (C=O) groups excluding carboxylic acids is 1. The number of rotatable bonds is 5. The first kappa shape index (κ1) is 14.2. The van der Waals surface area contributed by atoms with Gasteiger partial charge in [0.1, 0.15) is 11.4 Å². The molecule has 0 N–H and O–H groups in total. The van der Waals surface area contributed by atoms with Crippen molar-refractivity contribution in [2.75, 3.05) is 7.11 Å². The molecule has 1 aromatic rings. The van der Waals surface area contributed by atoms with Crippen LogP contribution in [0.25, 0.3) is 0 Å². The van der Waals surface area contributed by atoms with Crippen molar-refractivity contribution in [3.05, 3.63) is 11.7 Å². The molecule has 1 aromatic heterocycles. The first-order chi connectivity index (χ1) is 9.09. The van der Waals surface area contributed by atoms with Gasteiger partial charge in [0.15, 0.2) is 0 Å². The van der Waals surface area contributed by atoms with Crippen LogP contribution < -0.4 is 0 Å². The summed E-state index contributed by atoms with van der Waals surface area (Å²) in [5.74, 6) is 1.83. The number of aromatic nitrogens is 2. The van der Waals surface area contributed by atoms with Gasteiger partial charge in [0.2, 0.25) is 11.7 Å². The molecule has 1 fully saturated rings. The van der Waals surface area contributed by atoms with Crippen LogP contribution in [0.3, 0.4) is 0 Å². The lowest BCUT2D eigenvalue weighted by molar-refractivity contribution is -0.118. The molecule has 5 heteroatoms. The van der Waals surface area contributed by atoms with Crippen molar-refractivity contribution in [1.29, 1.82) is 0 Å². The van der Waals surface area contributed by atoms with Crippen molar-refractivity contribution in [3.8, 4) is 0 Å². The lowest BCUT2D eigenvalue weighted by Gasteiger charge is -2.35. The Bertz CT molecular complexity index is 434. The Balaban J connectivity index is 2.13. The lowest BCUT2D eigenvalue weighted by atomic mass is 9.79. The molecule has 106 valence electrons. The molecule has 2 rings (SSSR count). The standard InChI is InChI=1S/C14H22N2O3/c1-4-11(17)9-12-15-13(16-19-12)14(18-3)7-5-10(2)6-8-14/h10H,4-9H2,1-3H3. The monoisotopic (exact) mass is 266 g/mol. The van der Waals surface area contributed by atoms with Crippen molar-refractivity contribution >= 4 is 5.78 Å². The number of hydrogen-bond donors (Lipinski definition) is 0. The average molecular weight is 266 g/mol. The predicted octanol–water partition coefficient (Wildman–Crippen LogP) is 2.64. The van der Waals surface area contributed by atoms with E-state index in [0.717, 1.165) is 31.6 Å². The van der Waals surface area contributed by atoms with Gasteiger partial charge in [-0.15, -0.1) is 0 Å². The normalized spacial score (nSPS) is 27.4. The van der Waals surface area contributed by atoms with Crippen molar-refractivity contribution in [2.45, 2.75) is 58.0 Å². The van der Waals surface area contributed by atoms with E-state index in [9.17, 15) is 4.79 Å². The smallest absolute Gasteiger partial charge is 0.234 e. The lowest BCUT2D eigenvalue weighted by Crippen LogP contribution is -2.34. The highest BCUT2D eigenvalue weighted by atomic mass is 16.5. The summed E-state index contributed by atoms with van der Waals surface area (Å²) in [6, 6.07) is 0. The second-order valence-electron chi connectivity index (χ2n) is 5.46. The van der Waals surface area contributed by atoms with E-state index < -0.39 is 5.60 Å². The van der Waals surface area contributed by atoms with Crippen LogP contribution in [0, 0.1) is 5.92 Å². The van der Waals surface area contributed by atoms with Gasteiger partial charge in [0, 0.05) is 13.5 Å². The van der Waals surface area contributed by atoms with Crippen LogP contribution in [0.1, 0.15) is 57.7 Å². The Hall–Kier alpha value is -1.23. The largest absolute Gasteiger partial charge is 0.370 e. The fourth-order valence-electron chi connectivity index (χ4n) is 2.55. The Morgan fingerprint density at radius 1 is 1.47 bits per heavy atom. The molecule has 0 aliphatic heterocycles. The third-order valence-corrected chi connectivity index (χ3v) is 4.09. The molecule has 1 aliphatic rings. The molecule has 1 saturated carbocycles. The van der Waals surface area contributed by atoms with E-state index in [2.05, 4.69) is 17.1 Å². The summed E-state index contributed by atoms with van der Waals surface area (Å²) >= 11 is 0. The fraction of sp³-hybridized carbons (Fsp3) is 0.786. The molecule has 0 aromatic carbocycles. The van der Waals surface area contributed by atoms with Crippen LogP contribution in [-0.2, 0) is 21.6 Å². The highest BCUT2D eigenvalue weighted by Crippen LogP contribution is 2.40. The van der Waals surface area contributed by atoms with Gasteiger partial charge in [-0.25, -0.2) is 0 Å². The van der Waals surface area contributed by atoms with Crippen LogP contribution in [0.4, 0.5) is 0 Å². The third-order valence-electron chi connectivity index (χ3n) is 4.09. The topological polar surface area (TPSA) is 65.2 Å². The van der Waals surface area contributed by atoms with E-state index in [4.69, 9.17) is 9.26 Å². The van der Waals surface area contributed by atoms with Crippen molar-refractivity contribution in [2.24, 2.45) is 5.92 Å². The second-order valence-corrected chi connectivity index (χ2v) is 5.46. The van der Waals surface area contributed by atoms with E-state index in [1.165, 1.54) is 0 Å². The molecule has 1 aliphatic carbocycles. The molecule has 1 heterocycles. The van der Waals surface area contributed by atoms with Crippen LogP contribution in [0.2, 0.25) is 0 Å². The third kappa shape index (κ3) is 3.03. The number of Topliss-reactive ketones (excluding diaryl/α,β-unsaturated/α-hetero) is 1. The zero-order chi connectivity index (χ0) is 13.9. The molecule has 0 radical (unpaired) electrons. The van der Waals surface area contributed by atoms with Gasteiger partial charge >= 0.3 is 0 Å². The molecular weight excluding hydrogens is 244 g/mol. The molecule has 19 heavy (non-hydrogen) atoms. The molecule has 5 nitrogen and oxygen atoms in total. The Morgan fingerprint density at radius 2 is 2.16 bits per heavy atom. The van der Waals surface area contributed by atoms with Crippen LogP contribution >= 0.6 is 0 Å². The number of methoxy groups -OCH3 is 1. The van der Waals surface area contributed by atoms with Crippen LogP contribution in [0.5, 0.6) is 0 Å². The van der Waals surface area contributed by atoms with Crippen molar-refractivity contribution in [3.63, 3.8) is 0 Å². The summed E-state index contributed by atoms with van der Waals surface area (Å²) in [6.45, 7) is 4.08. The second kappa shape index (κ2) is 5.82. The summed E-state index contributed by atoms with van der Waals surface area (Å²) in [5.41, 5.74) is -0.427. The minimum atomic E-state index is -0.427.